The first-order valence-corrected chi connectivity index (χ1v) is 10.9. The SMILES string of the molecule is Cc1ccccc1CSc1ccc2c(c1)OCC21CCN(CCC(=O)O)CC1.Cl. The molecule has 2 aromatic rings. The fraction of sp³-hybridized carbons (Fsp3) is 0.435. The Hall–Kier alpha value is -1.69. The van der Waals surface area contributed by atoms with Gasteiger partial charge in [0.15, 0.2) is 0 Å². The third kappa shape index (κ3) is 4.90. The standard InChI is InChI=1S/C23H27NO3S.ClH/c1-17-4-2-3-5-18(17)15-28-19-6-7-20-21(14-19)27-16-23(20)9-12-24(13-10-23)11-8-22(25)26;/h2-7,14H,8-13,15-16H2,1H3,(H,25,26);1H. The summed E-state index contributed by atoms with van der Waals surface area (Å²) in [5.41, 5.74) is 4.15. The van der Waals surface area contributed by atoms with Gasteiger partial charge in [0.2, 0.25) is 0 Å². The summed E-state index contributed by atoms with van der Waals surface area (Å²) in [6.45, 7) is 5.45. The summed E-state index contributed by atoms with van der Waals surface area (Å²) >= 11 is 1.85. The maximum atomic E-state index is 10.8. The van der Waals surface area contributed by atoms with E-state index < -0.39 is 5.97 Å². The molecule has 1 saturated heterocycles. The number of carboxylic acids is 1. The predicted molar refractivity (Wildman–Crippen MR) is 120 cm³/mol. The molecular formula is C23H28ClNO3S. The highest BCUT2D eigenvalue weighted by Crippen LogP contribution is 2.46. The average molecular weight is 434 g/mol. The van der Waals surface area contributed by atoms with Crippen molar-refractivity contribution in [2.75, 3.05) is 26.2 Å². The van der Waals surface area contributed by atoms with E-state index in [9.17, 15) is 4.79 Å². The zero-order valence-corrected chi connectivity index (χ0v) is 18.4. The number of aryl methyl sites for hydroxylation is 1. The van der Waals surface area contributed by atoms with Crippen LogP contribution in [0.5, 0.6) is 5.75 Å². The van der Waals surface area contributed by atoms with Gasteiger partial charge in [-0.15, -0.1) is 24.2 Å². The van der Waals surface area contributed by atoms with Gasteiger partial charge in [-0.3, -0.25) is 4.79 Å². The second-order valence-corrected chi connectivity index (χ2v) is 8.98. The van der Waals surface area contributed by atoms with Gasteiger partial charge in [0.25, 0.3) is 0 Å². The molecule has 1 N–H and O–H groups in total. The van der Waals surface area contributed by atoms with Gasteiger partial charge in [0, 0.05) is 28.2 Å². The molecule has 2 aromatic carbocycles. The van der Waals surface area contributed by atoms with Crippen molar-refractivity contribution in [1.29, 1.82) is 0 Å². The van der Waals surface area contributed by atoms with Crippen LogP contribution in [0.4, 0.5) is 0 Å². The summed E-state index contributed by atoms with van der Waals surface area (Å²) in [5, 5.41) is 8.89. The van der Waals surface area contributed by atoms with Crippen LogP contribution >= 0.6 is 24.2 Å². The van der Waals surface area contributed by atoms with Crippen LogP contribution in [0.1, 0.15) is 36.0 Å². The minimum absolute atomic E-state index is 0. The van der Waals surface area contributed by atoms with Crippen molar-refractivity contribution in [3.05, 3.63) is 59.2 Å². The van der Waals surface area contributed by atoms with E-state index in [1.54, 1.807) is 0 Å². The highest BCUT2D eigenvalue weighted by atomic mass is 35.5. The van der Waals surface area contributed by atoms with Crippen molar-refractivity contribution >= 4 is 30.1 Å². The number of aliphatic carboxylic acids is 1. The van der Waals surface area contributed by atoms with Crippen molar-refractivity contribution in [2.45, 2.75) is 42.2 Å². The Labute approximate surface area is 183 Å². The molecule has 1 fully saturated rings. The minimum atomic E-state index is -0.717. The first kappa shape index (κ1) is 22.0. The lowest BCUT2D eigenvalue weighted by atomic mass is 9.74. The molecule has 0 amide bonds. The predicted octanol–water partition coefficient (Wildman–Crippen LogP) is 4.91. The van der Waals surface area contributed by atoms with E-state index >= 15 is 0 Å². The number of benzene rings is 2. The minimum Gasteiger partial charge on any atom is -0.492 e. The highest BCUT2D eigenvalue weighted by molar-refractivity contribution is 7.98. The molecule has 2 heterocycles. The first-order chi connectivity index (χ1) is 13.6. The molecule has 0 unspecified atom stereocenters. The van der Waals surface area contributed by atoms with E-state index in [2.05, 4.69) is 54.3 Å². The number of likely N-dealkylation sites (tertiary alicyclic amines) is 1. The summed E-state index contributed by atoms with van der Waals surface area (Å²) < 4.78 is 6.12. The smallest absolute Gasteiger partial charge is 0.304 e. The van der Waals surface area contributed by atoms with Crippen molar-refractivity contribution in [3.8, 4) is 5.75 Å². The summed E-state index contributed by atoms with van der Waals surface area (Å²) in [5.74, 6) is 1.29. The van der Waals surface area contributed by atoms with Crippen LogP contribution in [-0.2, 0) is 16.0 Å². The lowest BCUT2D eigenvalue weighted by molar-refractivity contribution is -0.137. The van der Waals surface area contributed by atoms with E-state index in [4.69, 9.17) is 9.84 Å². The number of hydrogen-bond donors (Lipinski definition) is 1. The van der Waals surface area contributed by atoms with Crippen molar-refractivity contribution < 1.29 is 14.6 Å². The molecule has 1 spiro atoms. The Morgan fingerprint density at radius 1 is 1.21 bits per heavy atom. The number of hydrogen-bond acceptors (Lipinski definition) is 4. The normalized spacial score (nSPS) is 17.4. The lowest BCUT2D eigenvalue weighted by Crippen LogP contribution is -2.44. The zero-order valence-electron chi connectivity index (χ0n) is 16.7. The molecule has 0 aromatic heterocycles. The molecule has 156 valence electrons. The largest absolute Gasteiger partial charge is 0.492 e. The average Bonchev–Trinajstić information content (AvgIpc) is 3.04. The van der Waals surface area contributed by atoms with Gasteiger partial charge < -0.3 is 14.7 Å². The fourth-order valence-corrected chi connectivity index (χ4v) is 5.25. The van der Waals surface area contributed by atoms with Gasteiger partial charge in [0.1, 0.15) is 5.75 Å². The molecule has 4 nitrogen and oxygen atoms in total. The van der Waals surface area contributed by atoms with Crippen molar-refractivity contribution in [2.24, 2.45) is 0 Å². The van der Waals surface area contributed by atoms with Crippen molar-refractivity contribution in [3.63, 3.8) is 0 Å². The third-order valence-electron chi connectivity index (χ3n) is 6.14. The zero-order chi connectivity index (χ0) is 19.6. The number of rotatable bonds is 6. The summed E-state index contributed by atoms with van der Waals surface area (Å²) in [6.07, 6.45) is 2.30. The topological polar surface area (TPSA) is 49.8 Å². The molecule has 0 atom stereocenters. The van der Waals surface area contributed by atoms with Crippen LogP contribution in [0.2, 0.25) is 0 Å². The Morgan fingerprint density at radius 3 is 2.69 bits per heavy atom. The fourth-order valence-electron chi connectivity index (χ4n) is 4.25. The number of carboxylic acid groups (broad SMARTS) is 1. The second kappa shape index (κ2) is 9.41. The van der Waals surface area contributed by atoms with Crippen LogP contribution < -0.4 is 4.74 Å². The van der Waals surface area contributed by atoms with Crippen LogP contribution in [0, 0.1) is 6.92 Å². The summed E-state index contributed by atoms with van der Waals surface area (Å²) in [7, 11) is 0. The van der Waals surface area contributed by atoms with Gasteiger partial charge in [-0.1, -0.05) is 30.3 Å². The number of fused-ring (bicyclic) bond motifs is 2. The van der Waals surface area contributed by atoms with Crippen molar-refractivity contribution in [1.82, 2.24) is 4.90 Å². The van der Waals surface area contributed by atoms with Crippen LogP contribution in [-0.4, -0.2) is 42.2 Å². The molecule has 6 heteroatoms. The lowest BCUT2D eigenvalue weighted by Gasteiger charge is -2.38. The highest BCUT2D eigenvalue weighted by Gasteiger charge is 2.43. The summed E-state index contributed by atoms with van der Waals surface area (Å²) in [6, 6.07) is 15.2. The van der Waals surface area contributed by atoms with E-state index in [-0.39, 0.29) is 24.2 Å². The van der Waals surface area contributed by atoms with Gasteiger partial charge in [0.05, 0.1) is 13.0 Å². The van der Waals surface area contributed by atoms with Gasteiger partial charge in [-0.05, 0) is 56.1 Å². The van der Waals surface area contributed by atoms with Gasteiger partial charge in [-0.25, -0.2) is 0 Å². The number of carbonyl (C=O) groups is 1. The third-order valence-corrected chi connectivity index (χ3v) is 7.18. The van der Waals surface area contributed by atoms with Crippen LogP contribution in [0.25, 0.3) is 0 Å². The number of ether oxygens (including phenoxy) is 1. The number of thioether (sulfide) groups is 1. The van der Waals surface area contributed by atoms with E-state index in [1.807, 2.05) is 11.8 Å². The van der Waals surface area contributed by atoms with E-state index in [1.165, 1.54) is 21.6 Å². The number of halogens is 1. The second-order valence-electron chi connectivity index (χ2n) is 7.93. The molecule has 0 saturated carbocycles. The van der Waals surface area contributed by atoms with E-state index in [0.717, 1.165) is 44.0 Å². The Morgan fingerprint density at radius 2 is 1.97 bits per heavy atom. The molecule has 0 bridgehead atoms. The number of nitrogens with zero attached hydrogens (tertiary/aromatic N) is 1. The first-order valence-electron chi connectivity index (χ1n) is 9.95. The Kier molecular flexibility index (Phi) is 7.14. The quantitative estimate of drug-likeness (QED) is 0.656. The molecule has 29 heavy (non-hydrogen) atoms. The van der Waals surface area contributed by atoms with Gasteiger partial charge >= 0.3 is 5.97 Å². The Bertz CT molecular complexity index is 865. The number of piperidine rings is 1. The molecule has 0 aliphatic carbocycles. The molecular weight excluding hydrogens is 406 g/mol. The monoisotopic (exact) mass is 433 g/mol. The maximum Gasteiger partial charge on any atom is 0.304 e. The van der Waals surface area contributed by atoms with Gasteiger partial charge in [-0.2, -0.15) is 0 Å². The molecule has 2 aliphatic heterocycles. The Balaban J connectivity index is 0.00000240. The van der Waals surface area contributed by atoms with Crippen LogP contribution in [0.15, 0.2) is 47.4 Å². The molecule has 0 radical (unpaired) electrons. The summed E-state index contributed by atoms with van der Waals surface area (Å²) in [4.78, 5) is 14.3. The molecule has 2 aliphatic rings. The maximum absolute atomic E-state index is 10.8. The molecule has 4 rings (SSSR count). The van der Waals surface area contributed by atoms with E-state index in [0.29, 0.717) is 6.54 Å². The van der Waals surface area contributed by atoms with Crippen LogP contribution in [0.3, 0.4) is 0 Å².